The maximum absolute atomic E-state index is 12.1. The van der Waals surface area contributed by atoms with Gasteiger partial charge in [0.1, 0.15) is 23.0 Å². The van der Waals surface area contributed by atoms with Crippen LogP contribution in [0, 0.1) is 20.8 Å². The predicted octanol–water partition coefficient (Wildman–Crippen LogP) is 2.75. The van der Waals surface area contributed by atoms with E-state index in [1.165, 1.54) is 7.11 Å². The highest BCUT2D eigenvalue weighted by atomic mass is 16.5. The second-order valence-corrected chi connectivity index (χ2v) is 5.63. The van der Waals surface area contributed by atoms with E-state index in [-0.39, 0.29) is 11.7 Å². The summed E-state index contributed by atoms with van der Waals surface area (Å²) in [6.45, 7) is 9.27. The maximum atomic E-state index is 12.1. The minimum Gasteiger partial charge on any atom is -0.507 e. The summed E-state index contributed by atoms with van der Waals surface area (Å²) in [7, 11) is 1.37. The fraction of sp³-hybridized carbons (Fsp3) is 0.533. The van der Waals surface area contributed by atoms with E-state index in [4.69, 9.17) is 9.47 Å². The molecule has 0 bridgehead atoms. The SMILES string of the molecule is COC(=O)[C@H]1c2c(C)c(O)c(C)c(C)c2OC1(C)C. The minimum absolute atomic E-state index is 0.228. The molecule has 4 nitrogen and oxygen atoms in total. The van der Waals surface area contributed by atoms with Crippen LogP contribution in [0.5, 0.6) is 11.5 Å². The molecule has 19 heavy (non-hydrogen) atoms. The lowest BCUT2D eigenvalue weighted by Gasteiger charge is -2.24. The van der Waals surface area contributed by atoms with Crippen LogP contribution in [0.25, 0.3) is 0 Å². The average Bonchev–Trinajstić information content (AvgIpc) is 2.64. The summed E-state index contributed by atoms with van der Waals surface area (Å²) in [5, 5.41) is 10.2. The van der Waals surface area contributed by atoms with Crippen molar-refractivity contribution in [3.63, 3.8) is 0 Å². The Morgan fingerprint density at radius 3 is 2.32 bits per heavy atom. The topological polar surface area (TPSA) is 55.8 Å². The van der Waals surface area contributed by atoms with Gasteiger partial charge in [0, 0.05) is 5.56 Å². The molecule has 0 radical (unpaired) electrons. The van der Waals surface area contributed by atoms with Gasteiger partial charge in [0.2, 0.25) is 0 Å². The molecule has 0 spiro atoms. The van der Waals surface area contributed by atoms with Gasteiger partial charge in [0.05, 0.1) is 7.11 Å². The average molecular weight is 264 g/mol. The molecule has 0 fully saturated rings. The number of hydrogen-bond acceptors (Lipinski definition) is 4. The molecule has 1 atom stereocenters. The summed E-state index contributed by atoms with van der Waals surface area (Å²) in [5.74, 6) is 0.0758. The summed E-state index contributed by atoms with van der Waals surface area (Å²) in [4.78, 5) is 12.1. The van der Waals surface area contributed by atoms with Crippen molar-refractivity contribution in [3.8, 4) is 11.5 Å². The molecule has 0 saturated carbocycles. The third kappa shape index (κ3) is 1.78. The van der Waals surface area contributed by atoms with Crippen LogP contribution in [-0.2, 0) is 9.53 Å². The highest BCUT2D eigenvalue weighted by molar-refractivity contribution is 5.84. The van der Waals surface area contributed by atoms with Gasteiger partial charge in [-0.1, -0.05) is 0 Å². The van der Waals surface area contributed by atoms with Crippen molar-refractivity contribution >= 4 is 5.97 Å². The first-order valence-electron chi connectivity index (χ1n) is 6.31. The van der Waals surface area contributed by atoms with Crippen LogP contribution in [0.4, 0.5) is 0 Å². The highest BCUT2D eigenvalue weighted by Crippen LogP contribution is 2.51. The number of phenolic OH excluding ortho intramolecular Hbond substituents is 1. The van der Waals surface area contributed by atoms with Gasteiger partial charge >= 0.3 is 5.97 Å². The van der Waals surface area contributed by atoms with Crippen LogP contribution >= 0.6 is 0 Å². The molecular formula is C15H20O4. The van der Waals surface area contributed by atoms with Gasteiger partial charge in [-0.05, 0) is 51.3 Å². The number of fused-ring (bicyclic) bond motifs is 1. The second kappa shape index (κ2) is 4.15. The van der Waals surface area contributed by atoms with E-state index < -0.39 is 11.5 Å². The van der Waals surface area contributed by atoms with Crippen molar-refractivity contribution in [2.75, 3.05) is 7.11 Å². The smallest absolute Gasteiger partial charge is 0.317 e. The zero-order chi connectivity index (χ0) is 14.5. The summed E-state index contributed by atoms with van der Waals surface area (Å²) in [5.41, 5.74) is 2.43. The van der Waals surface area contributed by atoms with E-state index in [1.807, 2.05) is 27.7 Å². The van der Waals surface area contributed by atoms with Crippen LogP contribution < -0.4 is 4.74 Å². The van der Waals surface area contributed by atoms with Gasteiger partial charge in [-0.3, -0.25) is 4.79 Å². The van der Waals surface area contributed by atoms with E-state index in [2.05, 4.69) is 0 Å². The fourth-order valence-corrected chi connectivity index (χ4v) is 2.80. The standard InChI is InChI=1S/C15H20O4/c1-7-8(2)13-10(9(3)12(7)16)11(14(17)18-6)15(4,5)19-13/h11,16H,1-6H3/t11-/m1/s1. The zero-order valence-electron chi connectivity index (χ0n) is 12.2. The molecule has 4 heteroatoms. The van der Waals surface area contributed by atoms with Crippen molar-refractivity contribution < 1.29 is 19.4 Å². The number of carbonyl (C=O) groups excluding carboxylic acids is 1. The molecule has 1 N–H and O–H groups in total. The summed E-state index contributed by atoms with van der Waals surface area (Å²) in [6, 6.07) is 0. The van der Waals surface area contributed by atoms with Crippen LogP contribution in [0.3, 0.4) is 0 Å². The molecule has 0 unspecified atom stereocenters. The molecular weight excluding hydrogens is 244 g/mol. The molecule has 0 saturated heterocycles. The first kappa shape index (κ1) is 13.7. The largest absolute Gasteiger partial charge is 0.507 e. The number of benzene rings is 1. The molecule has 2 rings (SSSR count). The lowest BCUT2D eigenvalue weighted by molar-refractivity contribution is -0.145. The number of rotatable bonds is 1. The molecule has 1 heterocycles. The van der Waals surface area contributed by atoms with E-state index in [9.17, 15) is 9.90 Å². The van der Waals surface area contributed by atoms with Crippen molar-refractivity contribution in [2.45, 2.75) is 46.1 Å². The van der Waals surface area contributed by atoms with E-state index in [0.29, 0.717) is 11.3 Å². The summed E-state index contributed by atoms with van der Waals surface area (Å²) in [6.07, 6.45) is 0. The second-order valence-electron chi connectivity index (χ2n) is 5.63. The molecule has 0 aliphatic carbocycles. The number of hydrogen-bond donors (Lipinski definition) is 1. The Morgan fingerprint density at radius 2 is 1.79 bits per heavy atom. The van der Waals surface area contributed by atoms with Gasteiger partial charge in [-0.15, -0.1) is 0 Å². The Kier molecular flexibility index (Phi) is 3.00. The molecule has 0 amide bonds. The van der Waals surface area contributed by atoms with Gasteiger partial charge in [-0.25, -0.2) is 0 Å². The third-order valence-electron chi connectivity index (χ3n) is 4.05. The normalized spacial score (nSPS) is 19.8. The zero-order valence-corrected chi connectivity index (χ0v) is 12.2. The quantitative estimate of drug-likeness (QED) is 0.792. The Hall–Kier alpha value is -1.71. The lowest BCUT2D eigenvalue weighted by atomic mass is 9.83. The number of methoxy groups -OCH3 is 1. The molecule has 1 aliphatic heterocycles. The number of ether oxygens (including phenoxy) is 2. The van der Waals surface area contributed by atoms with Gasteiger partial charge < -0.3 is 14.6 Å². The van der Waals surface area contributed by atoms with Crippen LogP contribution in [-0.4, -0.2) is 23.8 Å². The summed E-state index contributed by atoms with van der Waals surface area (Å²) < 4.78 is 10.9. The van der Waals surface area contributed by atoms with Crippen LogP contribution in [0.2, 0.25) is 0 Å². The minimum atomic E-state index is -0.675. The van der Waals surface area contributed by atoms with Gasteiger partial charge in [0.15, 0.2) is 0 Å². The molecule has 1 aliphatic rings. The molecule has 0 aromatic heterocycles. The molecule has 1 aromatic rings. The number of esters is 1. The molecule has 1 aromatic carbocycles. The van der Waals surface area contributed by atoms with Crippen molar-refractivity contribution in [3.05, 3.63) is 22.3 Å². The Labute approximate surface area is 113 Å². The van der Waals surface area contributed by atoms with Gasteiger partial charge in [0.25, 0.3) is 0 Å². The van der Waals surface area contributed by atoms with Gasteiger partial charge in [-0.2, -0.15) is 0 Å². The monoisotopic (exact) mass is 264 g/mol. The van der Waals surface area contributed by atoms with Crippen LogP contribution in [0.15, 0.2) is 0 Å². The van der Waals surface area contributed by atoms with Crippen LogP contribution in [0.1, 0.15) is 42.0 Å². The van der Waals surface area contributed by atoms with Crippen molar-refractivity contribution in [1.82, 2.24) is 0 Å². The maximum Gasteiger partial charge on any atom is 0.317 e. The predicted molar refractivity (Wildman–Crippen MR) is 71.8 cm³/mol. The van der Waals surface area contributed by atoms with E-state index in [1.54, 1.807) is 6.92 Å². The number of phenols is 1. The van der Waals surface area contributed by atoms with Crippen molar-refractivity contribution in [1.29, 1.82) is 0 Å². The van der Waals surface area contributed by atoms with E-state index >= 15 is 0 Å². The number of carbonyl (C=O) groups is 1. The fourth-order valence-electron chi connectivity index (χ4n) is 2.80. The first-order chi connectivity index (χ1) is 8.72. The van der Waals surface area contributed by atoms with E-state index in [0.717, 1.165) is 16.7 Å². The highest BCUT2D eigenvalue weighted by Gasteiger charge is 2.48. The number of aromatic hydroxyl groups is 1. The third-order valence-corrected chi connectivity index (χ3v) is 4.05. The van der Waals surface area contributed by atoms with Crippen molar-refractivity contribution in [2.24, 2.45) is 0 Å². The Balaban J connectivity index is 2.76. The lowest BCUT2D eigenvalue weighted by Crippen LogP contribution is -2.35. The Morgan fingerprint density at radius 1 is 1.21 bits per heavy atom. The Bertz CT molecular complexity index is 558. The first-order valence-corrected chi connectivity index (χ1v) is 6.31. The molecule has 104 valence electrons. The summed E-state index contributed by atoms with van der Waals surface area (Å²) >= 11 is 0.